The van der Waals surface area contributed by atoms with E-state index in [0.717, 1.165) is 12.6 Å². The number of hydrogen-bond acceptors (Lipinski definition) is 2. The van der Waals surface area contributed by atoms with E-state index in [1.54, 1.807) is 7.11 Å². The summed E-state index contributed by atoms with van der Waals surface area (Å²) in [5.41, 5.74) is 0. The summed E-state index contributed by atoms with van der Waals surface area (Å²) in [6.07, 6.45) is 8.03. The second-order valence-electron chi connectivity index (χ2n) is 3.64. The molecule has 0 aromatic heterocycles. The zero-order valence-corrected chi connectivity index (χ0v) is 8.14. The smallest absolute Gasteiger partial charge is 0.0462 e. The first-order chi connectivity index (χ1) is 5.93. The van der Waals surface area contributed by atoms with Crippen LogP contribution in [0.25, 0.3) is 0 Å². The van der Waals surface area contributed by atoms with E-state index in [0.29, 0.717) is 0 Å². The molecule has 1 rings (SSSR count). The average molecular weight is 171 g/mol. The highest BCUT2D eigenvalue weighted by Gasteiger charge is 2.09. The summed E-state index contributed by atoms with van der Waals surface area (Å²) in [7, 11) is 1.78. The van der Waals surface area contributed by atoms with Crippen molar-refractivity contribution in [3.63, 3.8) is 0 Å². The van der Waals surface area contributed by atoms with E-state index in [9.17, 15) is 0 Å². The Labute approximate surface area is 75.7 Å². The Kier molecular flexibility index (Phi) is 5.37. The van der Waals surface area contributed by atoms with Crippen LogP contribution in [0.4, 0.5) is 0 Å². The minimum absolute atomic E-state index is 0.766. The molecule has 1 fully saturated rings. The third-order valence-electron chi connectivity index (χ3n) is 2.56. The summed E-state index contributed by atoms with van der Waals surface area (Å²) in [6, 6.07) is 0.766. The van der Waals surface area contributed by atoms with Crippen molar-refractivity contribution in [1.29, 1.82) is 0 Å². The summed E-state index contributed by atoms with van der Waals surface area (Å²) in [5, 5.41) is 3.58. The third-order valence-corrected chi connectivity index (χ3v) is 2.56. The molecule has 1 heterocycles. The van der Waals surface area contributed by atoms with Gasteiger partial charge in [0.15, 0.2) is 0 Å². The predicted molar refractivity (Wildman–Crippen MR) is 51.4 cm³/mol. The van der Waals surface area contributed by atoms with E-state index < -0.39 is 0 Å². The fraction of sp³-hybridized carbons (Fsp3) is 1.00. The monoisotopic (exact) mass is 171 g/mol. The minimum Gasteiger partial charge on any atom is -0.385 e. The highest BCUT2D eigenvalue weighted by atomic mass is 16.5. The Hall–Kier alpha value is -0.0800. The molecule has 0 spiro atoms. The molecule has 0 bridgehead atoms. The molecule has 1 aliphatic rings. The van der Waals surface area contributed by atoms with Crippen LogP contribution in [0.2, 0.25) is 0 Å². The molecule has 1 N–H and O–H groups in total. The Morgan fingerprint density at radius 2 is 2.25 bits per heavy atom. The first kappa shape index (κ1) is 10.0. The molecule has 12 heavy (non-hydrogen) atoms. The molecule has 1 saturated heterocycles. The largest absolute Gasteiger partial charge is 0.385 e. The van der Waals surface area contributed by atoms with Crippen LogP contribution < -0.4 is 5.32 Å². The molecule has 1 unspecified atom stereocenters. The molecule has 0 amide bonds. The van der Waals surface area contributed by atoms with Crippen molar-refractivity contribution >= 4 is 0 Å². The first-order valence-corrected chi connectivity index (χ1v) is 5.16. The van der Waals surface area contributed by atoms with Crippen molar-refractivity contribution in [3.05, 3.63) is 0 Å². The molecule has 1 atom stereocenters. The van der Waals surface area contributed by atoms with Crippen molar-refractivity contribution in [3.8, 4) is 0 Å². The van der Waals surface area contributed by atoms with E-state index in [4.69, 9.17) is 4.74 Å². The molecule has 72 valence electrons. The van der Waals surface area contributed by atoms with E-state index in [2.05, 4.69) is 5.32 Å². The number of hydrogen-bond donors (Lipinski definition) is 1. The molecule has 2 nitrogen and oxygen atoms in total. The maximum atomic E-state index is 5.04. The Bertz CT molecular complexity index is 98.0. The van der Waals surface area contributed by atoms with Crippen LogP contribution in [0.15, 0.2) is 0 Å². The Morgan fingerprint density at radius 1 is 1.33 bits per heavy atom. The van der Waals surface area contributed by atoms with Crippen LogP contribution in [-0.4, -0.2) is 26.3 Å². The maximum absolute atomic E-state index is 5.04. The summed E-state index contributed by atoms with van der Waals surface area (Å²) in [5.74, 6) is 0. The molecular weight excluding hydrogens is 150 g/mol. The zero-order valence-electron chi connectivity index (χ0n) is 8.14. The number of methoxy groups -OCH3 is 1. The topological polar surface area (TPSA) is 21.3 Å². The molecule has 1 aliphatic heterocycles. The van der Waals surface area contributed by atoms with E-state index >= 15 is 0 Å². The zero-order chi connectivity index (χ0) is 8.65. The van der Waals surface area contributed by atoms with Crippen LogP contribution in [0.1, 0.15) is 38.5 Å². The molecule has 0 aromatic carbocycles. The van der Waals surface area contributed by atoms with Gasteiger partial charge in [0, 0.05) is 19.8 Å². The number of rotatable bonds is 4. The van der Waals surface area contributed by atoms with Gasteiger partial charge >= 0.3 is 0 Å². The normalized spacial score (nSPS) is 25.2. The lowest BCUT2D eigenvalue weighted by Crippen LogP contribution is -2.28. The fourth-order valence-electron chi connectivity index (χ4n) is 1.82. The van der Waals surface area contributed by atoms with Crippen LogP contribution in [0.5, 0.6) is 0 Å². The van der Waals surface area contributed by atoms with Gasteiger partial charge in [-0.1, -0.05) is 12.8 Å². The SMILES string of the molecule is COCCCC1CCCCCN1. The van der Waals surface area contributed by atoms with E-state index in [-0.39, 0.29) is 0 Å². The van der Waals surface area contributed by atoms with Crippen LogP contribution in [-0.2, 0) is 4.74 Å². The fourth-order valence-corrected chi connectivity index (χ4v) is 1.82. The average Bonchev–Trinajstić information content (AvgIpc) is 2.33. The number of nitrogens with one attached hydrogen (secondary N) is 1. The van der Waals surface area contributed by atoms with Gasteiger partial charge in [-0.3, -0.25) is 0 Å². The number of ether oxygens (including phenoxy) is 1. The van der Waals surface area contributed by atoms with Gasteiger partial charge in [0.2, 0.25) is 0 Å². The van der Waals surface area contributed by atoms with Gasteiger partial charge in [-0.25, -0.2) is 0 Å². The molecular formula is C10H21NO. The summed E-state index contributed by atoms with van der Waals surface area (Å²) in [4.78, 5) is 0. The van der Waals surface area contributed by atoms with Crippen molar-refractivity contribution < 1.29 is 4.74 Å². The third kappa shape index (κ3) is 4.07. The highest BCUT2D eigenvalue weighted by molar-refractivity contribution is 4.70. The minimum atomic E-state index is 0.766. The van der Waals surface area contributed by atoms with Crippen molar-refractivity contribution in [1.82, 2.24) is 5.32 Å². The Balaban J connectivity index is 2.04. The molecule has 0 radical (unpaired) electrons. The van der Waals surface area contributed by atoms with E-state index in [1.165, 1.54) is 45.1 Å². The van der Waals surface area contributed by atoms with Crippen LogP contribution in [0, 0.1) is 0 Å². The maximum Gasteiger partial charge on any atom is 0.0462 e. The van der Waals surface area contributed by atoms with Crippen molar-refractivity contribution in [2.24, 2.45) is 0 Å². The lowest BCUT2D eigenvalue weighted by molar-refractivity contribution is 0.188. The molecule has 0 aromatic rings. The van der Waals surface area contributed by atoms with Gasteiger partial charge in [-0.15, -0.1) is 0 Å². The summed E-state index contributed by atoms with van der Waals surface area (Å²) < 4.78 is 5.04. The van der Waals surface area contributed by atoms with Crippen LogP contribution >= 0.6 is 0 Å². The molecule has 2 heteroatoms. The molecule has 0 saturated carbocycles. The summed E-state index contributed by atoms with van der Waals surface area (Å²) in [6.45, 7) is 2.13. The van der Waals surface area contributed by atoms with E-state index in [1.807, 2.05) is 0 Å². The second kappa shape index (κ2) is 6.44. The van der Waals surface area contributed by atoms with Gasteiger partial charge in [-0.05, 0) is 32.2 Å². The summed E-state index contributed by atoms with van der Waals surface area (Å²) >= 11 is 0. The lowest BCUT2D eigenvalue weighted by Gasteiger charge is -2.14. The van der Waals surface area contributed by atoms with Gasteiger partial charge in [0.25, 0.3) is 0 Å². The lowest BCUT2D eigenvalue weighted by atomic mass is 10.1. The van der Waals surface area contributed by atoms with Gasteiger partial charge in [0.1, 0.15) is 0 Å². The Morgan fingerprint density at radius 3 is 3.08 bits per heavy atom. The predicted octanol–water partition coefficient (Wildman–Crippen LogP) is 1.95. The van der Waals surface area contributed by atoms with Crippen molar-refractivity contribution in [2.75, 3.05) is 20.3 Å². The first-order valence-electron chi connectivity index (χ1n) is 5.16. The van der Waals surface area contributed by atoms with Gasteiger partial charge < -0.3 is 10.1 Å². The van der Waals surface area contributed by atoms with Gasteiger partial charge in [-0.2, -0.15) is 0 Å². The van der Waals surface area contributed by atoms with Crippen molar-refractivity contribution in [2.45, 2.75) is 44.6 Å². The standard InChI is InChI=1S/C10H21NO/c1-12-9-5-7-10-6-3-2-4-8-11-10/h10-11H,2-9H2,1H3. The van der Waals surface area contributed by atoms with Crippen LogP contribution in [0.3, 0.4) is 0 Å². The quantitative estimate of drug-likeness (QED) is 0.653. The van der Waals surface area contributed by atoms with Gasteiger partial charge in [0.05, 0.1) is 0 Å². The second-order valence-corrected chi connectivity index (χ2v) is 3.64. The molecule has 0 aliphatic carbocycles. The highest BCUT2D eigenvalue weighted by Crippen LogP contribution is 2.12.